The average Bonchev–Trinajstić information content (AvgIpc) is 2.98. The Hall–Kier alpha value is -1.76. The molecule has 108 valence electrons. The SMILES string of the molecule is CN1C(=O)CC(N2CCCC(c3nncn3C)C2)C1=O. The van der Waals surface area contributed by atoms with E-state index < -0.39 is 0 Å². The summed E-state index contributed by atoms with van der Waals surface area (Å²) in [4.78, 5) is 27.1. The number of aromatic nitrogens is 3. The van der Waals surface area contributed by atoms with Crippen LogP contribution in [0, 0.1) is 0 Å². The quantitative estimate of drug-likeness (QED) is 0.697. The third-order valence-electron chi connectivity index (χ3n) is 4.36. The molecule has 0 bridgehead atoms. The summed E-state index contributed by atoms with van der Waals surface area (Å²) in [5.74, 6) is 1.08. The average molecular weight is 277 g/mol. The van der Waals surface area contributed by atoms with Crippen LogP contribution in [0.3, 0.4) is 0 Å². The zero-order chi connectivity index (χ0) is 14.3. The van der Waals surface area contributed by atoms with E-state index in [1.807, 2.05) is 11.6 Å². The number of imide groups is 1. The first-order chi connectivity index (χ1) is 9.58. The van der Waals surface area contributed by atoms with Crippen LogP contribution in [0.5, 0.6) is 0 Å². The highest BCUT2D eigenvalue weighted by atomic mass is 16.2. The Bertz CT molecular complexity index is 541. The number of carbonyl (C=O) groups excluding carboxylic acids is 2. The third kappa shape index (κ3) is 2.11. The van der Waals surface area contributed by atoms with Gasteiger partial charge in [-0.1, -0.05) is 0 Å². The molecule has 2 unspecified atom stereocenters. The molecule has 7 heteroatoms. The lowest BCUT2D eigenvalue weighted by Gasteiger charge is -2.34. The summed E-state index contributed by atoms with van der Waals surface area (Å²) < 4.78 is 1.93. The van der Waals surface area contributed by atoms with Crippen molar-refractivity contribution in [2.45, 2.75) is 31.2 Å². The molecule has 20 heavy (non-hydrogen) atoms. The van der Waals surface area contributed by atoms with Gasteiger partial charge in [-0.05, 0) is 19.4 Å². The molecular formula is C13H19N5O2. The predicted octanol–water partition coefficient (Wildman–Crippen LogP) is -0.248. The van der Waals surface area contributed by atoms with E-state index in [9.17, 15) is 9.59 Å². The minimum Gasteiger partial charge on any atom is -0.320 e. The number of nitrogens with zero attached hydrogens (tertiary/aromatic N) is 5. The highest BCUT2D eigenvalue weighted by Gasteiger charge is 2.41. The molecule has 2 amide bonds. The van der Waals surface area contributed by atoms with Crippen molar-refractivity contribution in [3.63, 3.8) is 0 Å². The highest BCUT2D eigenvalue weighted by molar-refractivity contribution is 6.05. The number of rotatable bonds is 2. The summed E-state index contributed by atoms with van der Waals surface area (Å²) >= 11 is 0. The van der Waals surface area contributed by atoms with Gasteiger partial charge in [0, 0.05) is 26.6 Å². The zero-order valence-electron chi connectivity index (χ0n) is 11.8. The van der Waals surface area contributed by atoms with Gasteiger partial charge >= 0.3 is 0 Å². The monoisotopic (exact) mass is 277 g/mol. The fourth-order valence-corrected chi connectivity index (χ4v) is 3.18. The third-order valence-corrected chi connectivity index (χ3v) is 4.36. The van der Waals surface area contributed by atoms with Gasteiger partial charge in [0.25, 0.3) is 0 Å². The first-order valence-corrected chi connectivity index (χ1v) is 6.96. The number of amides is 2. The normalized spacial score (nSPS) is 28.4. The molecule has 0 N–H and O–H groups in total. The van der Waals surface area contributed by atoms with E-state index in [1.165, 1.54) is 4.90 Å². The lowest BCUT2D eigenvalue weighted by molar-refractivity contribution is -0.138. The lowest BCUT2D eigenvalue weighted by atomic mass is 9.95. The molecule has 2 aliphatic rings. The molecule has 0 aromatic carbocycles. The number of likely N-dealkylation sites (N-methyl/N-ethyl adjacent to an activating group) is 1. The molecule has 0 radical (unpaired) electrons. The van der Waals surface area contributed by atoms with Crippen LogP contribution in [0.25, 0.3) is 0 Å². The number of hydrogen-bond donors (Lipinski definition) is 0. The van der Waals surface area contributed by atoms with Gasteiger partial charge in [-0.2, -0.15) is 0 Å². The summed E-state index contributed by atoms with van der Waals surface area (Å²) in [5, 5.41) is 8.10. The molecule has 2 atom stereocenters. The van der Waals surface area contributed by atoms with E-state index in [0.717, 1.165) is 31.8 Å². The number of aryl methyl sites for hydroxylation is 1. The van der Waals surface area contributed by atoms with Crippen LogP contribution in [0.1, 0.15) is 31.0 Å². The molecule has 0 aliphatic carbocycles. The summed E-state index contributed by atoms with van der Waals surface area (Å²) in [5.41, 5.74) is 0. The van der Waals surface area contributed by atoms with Gasteiger partial charge in [0.05, 0.1) is 12.5 Å². The van der Waals surface area contributed by atoms with Gasteiger partial charge < -0.3 is 4.57 Å². The van der Waals surface area contributed by atoms with Gasteiger partial charge in [0.15, 0.2) is 0 Å². The Morgan fingerprint density at radius 2 is 2.10 bits per heavy atom. The van der Waals surface area contributed by atoms with Crippen LogP contribution in [0.15, 0.2) is 6.33 Å². The number of likely N-dealkylation sites (tertiary alicyclic amines) is 2. The Labute approximate surface area is 117 Å². The van der Waals surface area contributed by atoms with Gasteiger partial charge in [-0.15, -0.1) is 10.2 Å². The summed E-state index contributed by atoms with van der Waals surface area (Å²) in [6.07, 6.45) is 4.07. The van der Waals surface area contributed by atoms with Crippen LogP contribution < -0.4 is 0 Å². The Morgan fingerprint density at radius 3 is 2.70 bits per heavy atom. The van der Waals surface area contributed by atoms with Crippen molar-refractivity contribution in [2.24, 2.45) is 7.05 Å². The summed E-state index contributed by atoms with van der Waals surface area (Å²) in [7, 11) is 3.50. The van der Waals surface area contributed by atoms with E-state index in [2.05, 4.69) is 15.1 Å². The van der Waals surface area contributed by atoms with Crippen LogP contribution in [-0.2, 0) is 16.6 Å². The second-order valence-electron chi connectivity index (χ2n) is 5.65. The van der Waals surface area contributed by atoms with Crippen LogP contribution in [0.2, 0.25) is 0 Å². The van der Waals surface area contributed by atoms with Crippen molar-refractivity contribution >= 4 is 11.8 Å². The fraction of sp³-hybridized carbons (Fsp3) is 0.692. The van der Waals surface area contributed by atoms with Crippen molar-refractivity contribution in [3.05, 3.63) is 12.2 Å². The van der Waals surface area contributed by atoms with Gasteiger partial charge in [-0.3, -0.25) is 19.4 Å². The van der Waals surface area contributed by atoms with Crippen LogP contribution >= 0.6 is 0 Å². The fourth-order valence-electron chi connectivity index (χ4n) is 3.18. The second kappa shape index (κ2) is 4.97. The lowest BCUT2D eigenvalue weighted by Crippen LogP contribution is -2.46. The first kappa shape index (κ1) is 13.2. The van der Waals surface area contributed by atoms with E-state index in [1.54, 1.807) is 13.4 Å². The van der Waals surface area contributed by atoms with Crippen molar-refractivity contribution < 1.29 is 9.59 Å². The first-order valence-electron chi connectivity index (χ1n) is 6.96. The predicted molar refractivity (Wildman–Crippen MR) is 70.7 cm³/mol. The maximum Gasteiger partial charge on any atom is 0.246 e. The molecule has 7 nitrogen and oxygen atoms in total. The molecule has 2 saturated heterocycles. The summed E-state index contributed by atoms with van der Waals surface area (Å²) in [6, 6.07) is -0.288. The minimum absolute atomic E-state index is 0.0754. The Morgan fingerprint density at radius 1 is 1.30 bits per heavy atom. The molecule has 0 spiro atoms. The van der Waals surface area contributed by atoms with Gasteiger partial charge in [0.1, 0.15) is 12.2 Å². The summed E-state index contributed by atoms with van der Waals surface area (Å²) in [6.45, 7) is 1.63. The highest BCUT2D eigenvalue weighted by Crippen LogP contribution is 2.29. The molecule has 2 aliphatic heterocycles. The maximum atomic E-state index is 12.1. The molecule has 1 aromatic heterocycles. The van der Waals surface area contributed by atoms with Crippen molar-refractivity contribution in [2.75, 3.05) is 20.1 Å². The molecule has 1 aromatic rings. The zero-order valence-corrected chi connectivity index (χ0v) is 11.8. The minimum atomic E-state index is -0.288. The van der Waals surface area contributed by atoms with E-state index in [4.69, 9.17) is 0 Å². The van der Waals surface area contributed by atoms with Crippen molar-refractivity contribution in [3.8, 4) is 0 Å². The molecule has 3 heterocycles. The maximum absolute atomic E-state index is 12.1. The Kier molecular flexibility index (Phi) is 3.29. The molecular weight excluding hydrogens is 258 g/mol. The number of piperidine rings is 1. The standard InChI is InChI=1S/C13H19N5O2/c1-16-8-14-15-12(16)9-4-3-5-18(7-9)10-6-11(19)17(2)13(10)20/h8-10H,3-7H2,1-2H3. The second-order valence-corrected chi connectivity index (χ2v) is 5.65. The van der Waals surface area contributed by atoms with Gasteiger partial charge in [0.2, 0.25) is 11.8 Å². The number of hydrogen-bond acceptors (Lipinski definition) is 5. The number of carbonyl (C=O) groups is 2. The van der Waals surface area contributed by atoms with Crippen LogP contribution in [-0.4, -0.2) is 62.6 Å². The van der Waals surface area contributed by atoms with E-state index in [0.29, 0.717) is 6.42 Å². The smallest absolute Gasteiger partial charge is 0.246 e. The Balaban J connectivity index is 1.75. The van der Waals surface area contributed by atoms with E-state index in [-0.39, 0.29) is 23.8 Å². The van der Waals surface area contributed by atoms with E-state index >= 15 is 0 Å². The topological polar surface area (TPSA) is 71.3 Å². The molecule has 2 fully saturated rings. The molecule has 0 saturated carbocycles. The van der Waals surface area contributed by atoms with Crippen molar-refractivity contribution in [1.82, 2.24) is 24.6 Å². The molecule has 3 rings (SSSR count). The van der Waals surface area contributed by atoms with Crippen molar-refractivity contribution in [1.29, 1.82) is 0 Å². The van der Waals surface area contributed by atoms with Gasteiger partial charge in [-0.25, -0.2) is 0 Å². The largest absolute Gasteiger partial charge is 0.320 e. The van der Waals surface area contributed by atoms with Crippen LogP contribution in [0.4, 0.5) is 0 Å².